The van der Waals surface area contributed by atoms with Gasteiger partial charge in [0.05, 0.1) is 24.8 Å². The van der Waals surface area contributed by atoms with Crippen molar-refractivity contribution < 1.29 is 33.5 Å². The molecule has 1 amide bonds. The predicted octanol–water partition coefficient (Wildman–Crippen LogP) is 3.47. The molecule has 190 valence electrons. The number of halogens is 1. The number of carbonyl (C=O) groups is 2. The van der Waals surface area contributed by atoms with E-state index in [2.05, 4.69) is 15.5 Å². The molecular formula is C26H28FN3O6. The van der Waals surface area contributed by atoms with Crippen molar-refractivity contribution in [2.45, 2.75) is 45.3 Å². The minimum Gasteiger partial charge on any atom is -0.481 e. The van der Waals surface area contributed by atoms with Gasteiger partial charge < -0.3 is 24.8 Å². The van der Waals surface area contributed by atoms with Crippen molar-refractivity contribution in [3.8, 4) is 17.1 Å². The monoisotopic (exact) mass is 497 g/mol. The molecule has 4 rings (SSSR count). The number of hydrogen-bond donors (Lipinski definition) is 3. The van der Waals surface area contributed by atoms with Crippen LogP contribution in [0.5, 0.6) is 5.75 Å². The molecule has 1 atom stereocenters. The molecule has 0 bridgehead atoms. The van der Waals surface area contributed by atoms with E-state index in [9.17, 15) is 14.0 Å². The molecule has 0 aliphatic heterocycles. The molecule has 0 spiro atoms. The molecule has 36 heavy (non-hydrogen) atoms. The highest BCUT2D eigenvalue weighted by molar-refractivity contribution is 6.02. The molecule has 1 fully saturated rings. The van der Waals surface area contributed by atoms with E-state index in [4.69, 9.17) is 19.5 Å². The lowest BCUT2D eigenvalue weighted by atomic mass is 9.97. The lowest BCUT2D eigenvalue weighted by molar-refractivity contribution is 0.0874. The van der Waals surface area contributed by atoms with Crippen LogP contribution in [0.1, 0.15) is 65.8 Å². The second-order valence-corrected chi connectivity index (χ2v) is 9.12. The van der Waals surface area contributed by atoms with Crippen LogP contribution >= 0.6 is 0 Å². The number of aliphatic hydroxyl groups is 2. The van der Waals surface area contributed by atoms with E-state index in [1.807, 2.05) is 13.8 Å². The summed E-state index contributed by atoms with van der Waals surface area (Å²) in [6.07, 6.45) is 1.78. The van der Waals surface area contributed by atoms with Crippen LogP contribution in [-0.2, 0) is 0 Å². The summed E-state index contributed by atoms with van der Waals surface area (Å²) < 4.78 is 26.0. The number of Topliss-reactive ketones (excluding diaryl/α,β-unsaturated/α-hetero) is 1. The maximum Gasteiger partial charge on any atom is 0.268 e. The van der Waals surface area contributed by atoms with E-state index in [1.165, 1.54) is 12.1 Å². The second-order valence-electron chi connectivity index (χ2n) is 9.12. The Bertz CT molecular complexity index is 1230. The minimum absolute atomic E-state index is 0.125. The average molecular weight is 498 g/mol. The summed E-state index contributed by atoms with van der Waals surface area (Å²) in [6.45, 7) is 2.91. The number of carbonyl (C=O) groups excluding carboxylic acids is 2. The maximum atomic E-state index is 14.6. The molecule has 10 heteroatoms. The Kier molecular flexibility index (Phi) is 7.46. The summed E-state index contributed by atoms with van der Waals surface area (Å²) >= 11 is 0. The first kappa shape index (κ1) is 25.5. The van der Waals surface area contributed by atoms with Gasteiger partial charge in [-0.1, -0.05) is 25.1 Å². The SMILES string of the molecule is CC[C@@H](Oc1ccc(C(=O)C2(C)CC2)cc1)c1nc(-c2ccc(C(=O)NC(CO)CO)c(F)c2)no1. The van der Waals surface area contributed by atoms with Gasteiger partial charge in [-0.2, -0.15) is 4.98 Å². The Hall–Kier alpha value is -3.63. The molecule has 1 aliphatic rings. The third kappa shape index (κ3) is 5.44. The smallest absolute Gasteiger partial charge is 0.268 e. The third-order valence-electron chi connectivity index (χ3n) is 6.28. The predicted molar refractivity (Wildman–Crippen MR) is 127 cm³/mol. The number of nitrogens with one attached hydrogen (secondary N) is 1. The van der Waals surface area contributed by atoms with Gasteiger partial charge in [-0.25, -0.2) is 4.39 Å². The Labute approximate surface area is 207 Å². The fourth-order valence-electron chi connectivity index (χ4n) is 3.65. The summed E-state index contributed by atoms with van der Waals surface area (Å²) in [5, 5.41) is 24.4. The van der Waals surface area contributed by atoms with Crippen LogP contribution in [0.2, 0.25) is 0 Å². The normalized spacial score (nSPS) is 14.9. The molecule has 1 heterocycles. The van der Waals surface area contributed by atoms with Crippen molar-refractivity contribution in [2.75, 3.05) is 13.2 Å². The Balaban J connectivity index is 1.45. The van der Waals surface area contributed by atoms with Crippen molar-refractivity contribution >= 4 is 11.7 Å². The molecule has 9 nitrogen and oxygen atoms in total. The maximum absolute atomic E-state index is 14.6. The first-order valence-corrected chi connectivity index (χ1v) is 11.8. The minimum atomic E-state index is -0.888. The summed E-state index contributed by atoms with van der Waals surface area (Å²) in [5.74, 6) is -0.568. The lowest BCUT2D eigenvalue weighted by Crippen LogP contribution is -2.40. The zero-order chi connectivity index (χ0) is 25.9. The molecule has 3 N–H and O–H groups in total. The fraction of sp³-hybridized carbons (Fsp3) is 0.385. The number of ketones is 1. The topological polar surface area (TPSA) is 135 Å². The molecule has 0 saturated heterocycles. The standard InChI is InChI=1S/C26H28FN3O6/c1-3-21(35-18-7-4-15(5-8-18)22(33)26(2)10-11-26)25-29-23(30-36-25)16-6-9-19(20(27)12-16)24(34)28-17(13-31)14-32/h4-9,12,17,21,31-32H,3,10-11,13-14H2,1-2H3,(H,28,34)/t21-/m1/s1. The third-order valence-corrected chi connectivity index (χ3v) is 6.28. The van der Waals surface area contributed by atoms with Crippen molar-refractivity contribution in [1.29, 1.82) is 0 Å². The van der Waals surface area contributed by atoms with E-state index < -0.39 is 37.1 Å². The van der Waals surface area contributed by atoms with Crippen LogP contribution in [0.15, 0.2) is 47.0 Å². The van der Waals surface area contributed by atoms with Gasteiger partial charge in [0, 0.05) is 16.5 Å². The molecule has 1 aromatic heterocycles. The van der Waals surface area contributed by atoms with Crippen molar-refractivity contribution in [3.63, 3.8) is 0 Å². The van der Waals surface area contributed by atoms with Gasteiger partial charge in [0.1, 0.15) is 11.6 Å². The van der Waals surface area contributed by atoms with Crippen molar-refractivity contribution in [1.82, 2.24) is 15.5 Å². The highest BCUT2D eigenvalue weighted by Crippen LogP contribution is 2.47. The van der Waals surface area contributed by atoms with Crippen LogP contribution in [-0.4, -0.2) is 51.3 Å². The Morgan fingerprint density at radius 1 is 1.17 bits per heavy atom. The van der Waals surface area contributed by atoms with E-state index in [-0.39, 0.29) is 28.5 Å². The number of ether oxygens (including phenoxy) is 1. The van der Waals surface area contributed by atoms with E-state index in [1.54, 1.807) is 24.3 Å². The zero-order valence-electron chi connectivity index (χ0n) is 20.0. The quantitative estimate of drug-likeness (QED) is 0.343. The molecule has 1 saturated carbocycles. The molecule has 3 aromatic rings. The summed E-state index contributed by atoms with van der Waals surface area (Å²) in [5.41, 5.74) is 0.461. The van der Waals surface area contributed by atoms with Crippen LogP contribution in [0.4, 0.5) is 4.39 Å². The number of nitrogens with zero attached hydrogens (tertiary/aromatic N) is 2. The zero-order valence-corrected chi connectivity index (χ0v) is 20.0. The lowest BCUT2D eigenvalue weighted by Gasteiger charge is -2.14. The number of aliphatic hydroxyl groups excluding tert-OH is 2. The van der Waals surface area contributed by atoms with E-state index in [0.29, 0.717) is 23.3 Å². The number of hydrogen-bond acceptors (Lipinski definition) is 8. The van der Waals surface area contributed by atoms with Gasteiger partial charge in [-0.3, -0.25) is 9.59 Å². The Morgan fingerprint density at radius 3 is 2.44 bits per heavy atom. The fourth-order valence-corrected chi connectivity index (χ4v) is 3.65. The first-order chi connectivity index (χ1) is 17.3. The summed E-state index contributed by atoms with van der Waals surface area (Å²) in [6, 6.07) is 9.91. The van der Waals surface area contributed by atoms with Crippen molar-refractivity contribution in [3.05, 3.63) is 65.3 Å². The van der Waals surface area contributed by atoms with E-state index in [0.717, 1.165) is 18.9 Å². The van der Waals surface area contributed by atoms with Gasteiger partial charge in [-0.05, 0) is 55.7 Å². The van der Waals surface area contributed by atoms with Crippen LogP contribution in [0.3, 0.4) is 0 Å². The highest BCUT2D eigenvalue weighted by Gasteiger charge is 2.44. The molecular weight excluding hydrogens is 469 g/mol. The van der Waals surface area contributed by atoms with Gasteiger partial charge in [0.15, 0.2) is 11.9 Å². The summed E-state index contributed by atoms with van der Waals surface area (Å²) in [7, 11) is 0. The molecule has 0 unspecified atom stereocenters. The highest BCUT2D eigenvalue weighted by atomic mass is 19.1. The van der Waals surface area contributed by atoms with Gasteiger partial charge in [0.2, 0.25) is 5.82 Å². The number of rotatable bonds is 11. The van der Waals surface area contributed by atoms with Gasteiger partial charge in [0.25, 0.3) is 11.8 Å². The van der Waals surface area contributed by atoms with Crippen LogP contribution in [0.25, 0.3) is 11.4 Å². The molecule has 1 aliphatic carbocycles. The van der Waals surface area contributed by atoms with Crippen molar-refractivity contribution in [2.24, 2.45) is 5.41 Å². The molecule has 2 aromatic carbocycles. The van der Waals surface area contributed by atoms with Gasteiger partial charge >= 0.3 is 0 Å². The summed E-state index contributed by atoms with van der Waals surface area (Å²) in [4.78, 5) is 29.0. The largest absolute Gasteiger partial charge is 0.481 e. The average Bonchev–Trinajstić information content (AvgIpc) is 3.45. The van der Waals surface area contributed by atoms with Crippen LogP contribution < -0.4 is 10.1 Å². The first-order valence-electron chi connectivity index (χ1n) is 11.8. The second kappa shape index (κ2) is 10.5. The van der Waals surface area contributed by atoms with Gasteiger partial charge in [-0.15, -0.1) is 0 Å². The Morgan fingerprint density at radius 2 is 1.86 bits per heavy atom. The molecule has 0 radical (unpaired) electrons. The number of benzene rings is 2. The van der Waals surface area contributed by atoms with E-state index >= 15 is 0 Å². The number of aromatic nitrogens is 2. The number of amides is 1. The van der Waals surface area contributed by atoms with Crippen LogP contribution in [0, 0.1) is 11.2 Å².